The third-order valence-corrected chi connectivity index (χ3v) is 7.43. The van der Waals surface area contributed by atoms with Gasteiger partial charge in [-0.2, -0.15) is 0 Å². The molecule has 0 unspecified atom stereocenters. The Kier molecular flexibility index (Phi) is 5.95. The highest BCUT2D eigenvalue weighted by atomic mass is 32.1. The van der Waals surface area contributed by atoms with Crippen LogP contribution in [0.15, 0.2) is 16.9 Å². The summed E-state index contributed by atoms with van der Waals surface area (Å²) in [6.45, 7) is 10.3. The molecule has 0 N–H and O–H groups in total. The monoisotopic (exact) mass is 443 g/mol. The van der Waals surface area contributed by atoms with E-state index in [1.807, 2.05) is 0 Å². The second kappa shape index (κ2) is 7.93. The number of aromatic nitrogens is 1. The summed E-state index contributed by atoms with van der Waals surface area (Å²) in [5.74, 6) is -3.89. The van der Waals surface area contributed by atoms with E-state index in [4.69, 9.17) is 0 Å². The fourth-order valence-electron chi connectivity index (χ4n) is 4.56. The summed E-state index contributed by atoms with van der Waals surface area (Å²) in [5, 5.41) is 0. The lowest BCUT2D eigenvalue weighted by Crippen LogP contribution is -2.59. The Morgan fingerprint density at radius 3 is 2.13 bits per heavy atom. The Morgan fingerprint density at radius 2 is 1.58 bits per heavy atom. The van der Waals surface area contributed by atoms with Crippen LogP contribution in [0.1, 0.15) is 69.8 Å². The first-order valence-corrected chi connectivity index (χ1v) is 11.5. The number of rotatable bonds is 6. The van der Waals surface area contributed by atoms with Crippen LogP contribution in [0.5, 0.6) is 0 Å². The van der Waals surface area contributed by atoms with E-state index in [1.54, 1.807) is 23.6 Å². The number of ketones is 4. The van der Waals surface area contributed by atoms with Gasteiger partial charge in [-0.05, 0) is 58.7 Å². The van der Waals surface area contributed by atoms with Gasteiger partial charge in [-0.15, -0.1) is 0 Å². The third-order valence-electron chi connectivity index (χ3n) is 6.49. The molecular formula is C24H29NO5S. The first kappa shape index (κ1) is 23.3. The van der Waals surface area contributed by atoms with Crippen LogP contribution in [0.2, 0.25) is 0 Å². The van der Waals surface area contributed by atoms with E-state index in [0.717, 1.165) is 35.3 Å². The van der Waals surface area contributed by atoms with Crippen molar-refractivity contribution in [3.05, 3.63) is 32.9 Å². The highest BCUT2D eigenvalue weighted by molar-refractivity contribution is 7.16. The van der Waals surface area contributed by atoms with Crippen LogP contribution in [-0.2, 0) is 20.9 Å². The number of unbranched alkanes of at least 4 members (excludes halogenated alkanes) is 2. The van der Waals surface area contributed by atoms with Crippen LogP contribution in [0, 0.1) is 23.7 Å². The first-order valence-electron chi connectivity index (χ1n) is 10.7. The van der Waals surface area contributed by atoms with Crippen LogP contribution in [-0.4, -0.2) is 27.7 Å². The van der Waals surface area contributed by atoms with Gasteiger partial charge in [0.05, 0.1) is 21.0 Å². The van der Waals surface area contributed by atoms with Crippen molar-refractivity contribution in [2.24, 2.45) is 16.7 Å². The standard InChI is InChI=1S/C24H29NO5S/c1-7-8-9-12-25-17-13(2)14(10-11-15(17)31-22(25)30)18(26)16-19(27)23(3,4)21(29)24(5,6)20(16)28/h10-11,16H,7-9,12H2,1-6H3. The molecule has 1 saturated carbocycles. The molecule has 0 amide bonds. The molecule has 1 fully saturated rings. The summed E-state index contributed by atoms with van der Waals surface area (Å²) in [6.07, 6.45) is 2.87. The summed E-state index contributed by atoms with van der Waals surface area (Å²) in [4.78, 5) is 64.8. The molecule has 3 rings (SSSR count). The van der Waals surface area contributed by atoms with E-state index in [2.05, 4.69) is 6.92 Å². The molecule has 0 atom stereocenters. The molecule has 6 nitrogen and oxygen atoms in total. The molecule has 1 aliphatic carbocycles. The normalized spacial score (nSPS) is 18.7. The predicted octanol–water partition coefficient (Wildman–Crippen LogP) is 4.13. The molecule has 31 heavy (non-hydrogen) atoms. The summed E-state index contributed by atoms with van der Waals surface area (Å²) in [6, 6.07) is 3.29. The minimum absolute atomic E-state index is 0.0866. The van der Waals surface area contributed by atoms with Crippen LogP contribution in [0.4, 0.5) is 0 Å². The van der Waals surface area contributed by atoms with E-state index < -0.39 is 39.9 Å². The van der Waals surface area contributed by atoms with Crippen molar-refractivity contribution in [3.63, 3.8) is 0 Å². The average molecular weight is 444 g/mol. The number of thiazole rings is 1. The predicted molar refractivity (Wildman–Crippen MR) is 121 cm³/mol. The zero-order valence-corrected chi connectivity index (χ0v) is 19.8. The second-order valence-corrected chi connectivity index (χ2v) is 10.4. The third kappa shape index (κ3) is 3.53. The number of Topliss-reactive ketones (excluding diaryl/α,β-unsaturated/α-hetero) is 4. The molecule has 1 aromatic carbocycles. The second-order valence-electron chi connectivity index (χ2n) is 9.42. The van der Waals surface area contributed by atoms with Crippen molar-refractivity contribution in [3.8, 4) is 0 Å². The maximum atomic E-state index is 13.5. The van der Waals surface area contributed by atoms with Crippen molar-refractivity contribution in [1.82, 2.24) is 4.57 Å². The van der Waals surface area contributed by atoms with E-state index in [9.17, 15) is 24.0 Å². The molecule has 1 heterocycles. The first-order chi connectivity index (χ1) is 14.4. The van der Waals surface area contributed by atoms with E-state index in [-0.39, 0.29) is 10.4 Å². The lowest BCUT2D eigenvalue weighted by Gasteiger charge is -2.40. The van der Waals surface area contributed by atoms with E-state index in [0.29, 0.717) is 17.6 Å². The van der Waals surface area contributed by atoms with Crippen molar-refractivity contribution in [2.45, 2.75) is 67.3 Å². The van der Waals surface area contributed by atoms with E-state index >= 15 is 0 Å². The number of benzene rings is 1. The van der Waals surface area contributed by atoms with Gasteiger partial charge in [0, 0.05) is 12.1 Å². The smallest absolute Gasteiger partial charge is 0.298 e. The van der Waals surface area contributed by atoms with Gasteiger partial charge in [0.1, 0.15) is 5.92 Å². The lowest BCUT2D eigenvalue weighted by atomic mass is 9.57. The average Bonchev–Trinajstić information content (AvgIpc) is 3.02. The Bertz CT molecular complexity index is 1130. The molecule has 166 valence electrons. The van der Waals surface area contributed by atoms with Crippen molar-refractivity contribution in [2.75, 3.05) is 0 Å². The van der Waals surface area contributed by atoms with Gasteiger partial charge in [-0.1, -0.05) is 31.1 Å². The highest BCUT2D eigenvalue weighted by Crippen LogP contribution is 2.42. The summed E-state index contributed by atoms with van der Waals surface area (Å²) in [5.41, 5.74) is -1.31. The Morgan fingerprint density at radius 1 is 1.00 bits per heavy atom. The Hall–Kier alpha value is -2.41. The molecule has 0 saturated heterocycles. The fraction of sp³-hybridized carbons (Fsp3) is 0.542. The minimum atomic E-state index is -1.52. The van der Waals surface area contributed by atoms with Gasteiger partial charge >= 0.3 is 4.87 Å². The number of nitrogens with zero attached hydrogens (tertiary/aromatic N) is 1. The van der Waals surface area contributed by atoms with Gasteiger partial charge < -0.3 is 0 Å². The zero-order valence-electron chi connectivity index (χ0n) is 19.0. The molecule has 0 aliphatic heterocycles. The van der Waals surface area contributed by atoms with Gasteiger partial charge in [0.25, 0.3) is 0 Å². The molecule has 1 aromatic heterocycles. The summed E-state index contributed by atoms with van der Waals surface area (Å²) >= 11 is 1.13. The molecule has 2 aromatic rings. The molecule has 0 radical (unpaired) electrons. The maximum absolute atomic E-state index is 13.5. The summed E-state index contributed by atoms with van der Waals surface area (Å²) in [7, 11) is 0. The molecular weight excluding hydrogens is 414 g/mol. The van der Waals surface area contributed by atoms with Crippen molar-refractivity contribution in [1.29, 1.82) is 0 Å². The number of aryl methyl sites for hydroxylation is 2. The minimum Gasteiger partial charge on any atom is -0.298 e. The number of carbonyl (C=O) groups is 4. The number of fused-ring (bicyclic) bond motifs is 1. The van der Waals surface area contributed by atoms with Crippen molar-refractivity contribution >= 4 is 44.7 Å². The summed E-state index contributed by atoms with van der Waals surface area (Å²) < 4.78 is 2.46. The maximum Gasteiger partial charge on any atom is 0.308 e. The Labute approximate surface area is 185 Å². The quantitative estimate of drug-likeness (QED) is 0.380. The molecule has 0 bridgehead atoms. The van der Waals surface area contributed by atoms with Crippen LogP contribution < -0.4 is 4.87 Å². The largest absolute Gasteiger partial charge is 0.308 e. The molecule has 7 heteroatoms. The van der Waals surface area contributed by atoms with Gasteiger partial charge in [-0.25, -0.2) is 0 Å². The molecule has 1 aliphatic rings. The Balaban J connectivity index is 2.12. The fourth-order valence-corrected chi connectivity index (χ4v) is 5.54. The van der Waals surface area contributed by atoms with Gasteiger partial charge in [-0.3, -0.25) is 28.5 Å². The number of hydrogen-bond acceptors (Lipinski definition) is 6. The van der Waals surface area contributed by atoms with Crippen LogP contribution in [0.25, 0.3) is 10.2 Å². The number of hydrogen-bond donors (Lipinski definition) is 0. The lowest BCUT2D eigenvalue weighted by molar-refractivity contribution is -0.158. The highest BCUT2D eigenvalue weighted by Gasteiger charge is 2.60. The zero-order chi connectivity index (χ0) is 23.3. The van der Waals surface area contributed by atoms with Gasteiger partial charge in [0.2, 0.25) is 0 Å². The SMILES string of the molecule is CCCCCn1c(=O)sc2ccc(C(=O)C3C(=O)C(C)(C)C(=O)C(C)(C)C3=O)c(C)c21. The van der Waals surface area contributed by atoms with Crippen LogP contribution in [0.3, 0.4) is 0 Å². The number of carbonyl (C=O) groups excluding carboxylic acids is 4. The molecule has 0 spiro atoms. The van der Waals surface area contributed by atoms with E-state index in [1.165, 1.54) is 27.7 Å². The van der Waals surface area contributed by atoms with Gasteiger partial charge in [0.15, 0.2) is 23.1 Å². The topological polar surface area (TPSA) is 90.3 Å². The van der Waals surface area contributed by atoms with Crippen LogP contribution >= 0.6 is 11.3 Å². The van der Waals surface area contributed by atoms with Crippen molar-refractivity contribution < 1.29 is 19.2 Å².